The van der Waals surface area contributed by atoms with Gasteiger partial charge in [-0.15, -0.1) is 0 Å². The van der Waals surface area contributed by atoms with Gasteiger partial charge in [-0.2, -0.15) is 0 Å². The predicted octanol–water partition coefficient (Wildman–Crippen LogP) is 5.50. The van der Waals surface area contributed by atoms with Crippen molar-refractivity contribution in [2.75, 3.05) is 14.2 Å². The van der Waals surface area contributed by atoms with Gasteiger partial charge in [-0.05, 0) is 42.2 Å². The third kappa shape index (κ3) is 3.81. The Balaban J connectivity index is 2.22. The lowest BCUT2D eigenvalue weighted by Crippen LogP contribution is -2.41. The van der Waals surface area contributed by atoms with E-state index in [0.717, 1.165) is 17.6 Å². The number of hydrogen-bond donors (Lipinski definition) is 0. The van der Waals surface area contributed by atoms with Crippen LogP contribution in [-0.2, 0) is 15.9 Å². The fourth-order valence-electron chi connectivity index (χ4n) is 2.41. The van der Waals surface area contributed by atoms with Crippen molar-refractivity contribution in [3.63, 3.8) is 0 Å². The summed E-state index contributed by atoms with van der Waals surface area (Å²) in [6.07, 6.45) is 2.45. The minimum absolute atomic E-state index is 0.467. The zero-order valence-electron chi connectivity index (χ0n) is 12.2. The third-order valence-electron chi connectivity index (χ3n) is 3.59. The molecule has 6 heteroatoms. The summed E-state index contributed by atoms with van der Waals surface area (Å²) in [5.74, 6) is 0. The van der Waals surface area contributed by atoms with E-state index in [-0.39, 0.29) is 0 Å². The van der Waals surface area contributed by atoms with Gasteiger partial charge in [0.2, 0.25) is 0 Å². The van der Waals surface area contributed by atoms with Crippen LogP contribution in [0.25, 0.3) is 0 Å². The normalized spacial score (nSPS) is 25.4. The number of halogens is 4. The Morgan fingerprint density at radius 2 is 1.86 bits per heavy atom. The zero-order chi connectivity index (χ0) is 16.3. The first-order valence-electron chi connectivity index (χ1n) is 6.70. The van der Waals surface area contributed by atoms with Crippen molar-refractivity contribution in [3.8, 4) is 0 Å². The van der Waals surface area contributed by atoms with Crippen molar-refractivity contribution in [2.45, 2.75) is 24.0 Å². The summed E-state index contributed by atoms with van der Waals surface area (Å²) < 4.78 is 10.7. The fraction of sp³-hybridized carbons (Fsp3) is 0.375. The number of hydrogen-bond acceptors (Lipinski definition) is 2. The summed E-state index contributed by atoms with van der Waals surface area (Å²) in [5, 5.41) is 0.463. The van der Waals surface area contributed by atoms with Crippen molar-refractivity contribution in [2.24, 2.45) is 0 Å². The van der Waals surface area contributed by atoms with Crippen LogP contribution in [0.1, 0.15) is 12.0 Å². The molecule has 0 aromatic heterocycles. The van der Waals surface area contributed by atoms with Gasteiger partial charge in [0.15, 0.2) is 5.06 Å². The lowest BCUT2D eigenvalue weighted by atomic mass is 9.95. The molecule has 0 heterocycles. The molecule has 2 atom stereocenters. The molecule has 0 saturated carbocycles. The maximum atomic E-state index is 6.44. The fourth-order valence-corrected chi connectivity index (χ4v) is 3.90. The Bertz CT molecular complexity index is 612. The standard InChI is InChI=1S/C16H16Cl4O2/c1-21-15-14(19)12(13(18)9-16(15,20)22-2)7-6-10-4-3-5-11(17)8-10/h3-5,8-9,15H,6-7H2,1-2H3. The van der Waals surface area contributed by atoms with Crippen LogP contribution < -0.4 is 0 Å². The molecule has 0 aliphatic heterocycles. The predicted molar refractivity (Wildman–Crippen MR) is 93.0 cm³/mol. The molecule has 2 unspecified atom stereocenters. The number of alkyl halides is 1. The maximum Gasteiger partial charge on any atom is 0.192 e. The first kappa shape index (κ1) is 18.1. The van der Waals surface area contributed by atoms with Crippen molar-refractivity contribution in [3.05, 3.63) is 56.6 Å². The molecule has 0 bridgehead atoms. The average molecular weight is 382 g/mol. The molecule has 2 rings (SSSR count). The average Bonchev–Trinajstić information content (AvgIpc) is 2.47. The van der Waals surface area contributed by atoms with Crippen LogP contribution in [0.15, 0.2) is 46.0 Å². The molecule has 0 fully saturated rings. The van der Waals surface area contributed by atoms with E-state index in [2.05, 4.69) is 0 Å². The highest BCUT2D eigenvalue weighted by Gasteiger charge is 2.42. The topological polar surface area (TPSA) is 18.5 Å². The molecule has 0 amide bonds. The summed E-state index contributed by atoms with van der Waals surface area (Å²) in [6.45, 7) is 0. The van der Waals surface area contributed by atoms with E-state index < -0.39 is 11.2 Å². The minimum atomic E-state index is -1.19. The van der Waals surface area contributed by atoms with Crippen molar-refractivity contribution in [1.29, 1.82) is 0 Å². The quantitative estimate of drug-likeness (QED) is 0.627. The van der Waals surface area contributed by atoms with Gasteiger partial charge in [-0.25, -0.2) is 0 Å². The van der Waals surface area contributed by atoms with Gasteiger partial charge in [0.05, 0.1) is 5.03 Å². The molecule has 0 N–H and O–H groups in total. The first-order valence-corrected chi connectivity index (χ1v) is 8.21. The van der Waals surface area contributed by atoms with Crippen LogP contribution in [0, 0.1) is 0 Å². The second-order valence-corrected chi connectivity index (χ2v) is 6.81. The van der Waals surface area contributed by atoms with E-state index >= 15 is 0 Å². The minimum Gasteiger partial charge on any atom is -0.371 e. The van der Waals surface area contributed by atoms with E-state index in [4.69, 9.17) is 55.9 Å². The lowest BCUT2D eigenvalue weighted by molar-refractivity contribution is -0.0164. The summed E-state index contributed by atoms with van der Waals surface area (Å²) >= 11 is 25.1. The number of allylic oxidation sites excluding steroid dienone is 2. The van der Waals surface area contributed by atoms with Gasteiger partial charge in [-0.1, -0.05) is 58.5 Å². The third-order valence-corrected chi connectivity index (χ3v) is 5.05. The van der Waals surface area contributed by atoms with Crippen molar-refractivity contribution >= 4 is 46.4 Å². The summed E-state index contributed by atoms with van der Waals surface area (Å²) in [5.41, 5.74) is 1.92. The van der Waals surface area contributed by atoms with Gasteiger partial charge in [0.25, 0.3) is 0 Å². The number of methoxy groups -OCH3 is 2. The Morgan fingerprint density at radius 3 is 2.45 bits per heavy atom. The summed E-state index contributed by atoms with van der Waals surface area (Å²) in [4.78, 5) is 0. The number of benzene rings is 1. The zero-order valence-corrected chi connectivity index (χ0v) is 15.2. The molecular formula is C16H16Cl4O2. The van der Waals surface area contributed by atoms with Gasteiger partial charge in [0.1, 0.15) is 6.10 Å². The molecule has 1 aromatic rings. The highest BCUT2D eigenvalue weighted by molar-refractivity contribution is 6.38. The van der Waals surface area contributed by atoms with Crippen LogP contribution in [0.5, 0.6) is 0 Å². The van der Waals surface area contributed by atoms with E-state index in [1.54, 1.807) is 6.08 Å². The number of rotatable bonds is 5. The van der Waals surface area contributed by atoms with E-state index in [1.165, 1.54) is 14.2 Å². The van der Waals surface area contributed by atoms with Crippen LogP contribution in [0.4, 0.5) is 0 Å². The van der Waals surface area contributed by atoms with Crippen LogP contribution in [-0.4, -0.2) is 25.4 Å². The number of ether oxygens (including phenoxy) is 2. The highest BCUT2D eigenvalue weighted by atomic mass is 35.5. The second-order valence-electron chi connectivity index (χ2n) is 4.97. The van der Waals surface area contributed by atoms with Crippen LogP contribution >= 0.6 is 46.4 Å². The van der Waals surface area contributed by atoms with Gasteiger partial charge in [-0.3, -0.25) is 0 Å². The SMILES string of the molecule is COC1C(Cl)=C(CCc2cccc(Cl)c2)C(Cl)=CC1(Cl)OC. The molecule has 0 spiro atoms. The monoisotopic (exact) mass is 380 g/mol. The summed E-state index contributed by atoms with van der Waals surface area (Å²) in [6, 6.07) is 7.69. The van der Waals surface area contributed by atoms with Gasteiger partial charge < -0.3 is 9.47 Å². The van der Waals surface area contributed by atoms with Crippen LogP contribution in [0.2, 0.25) is 5.02 Å². The molecule has 2 nitrogen and oxygen atoms in total. The van der Waals surface area contributed by atoms with Gasteiger partial charge >= 0.3 is 0 Å². The molecule has 1 aliphatic rings. The maximum absolute atomic E-state index is 6.44. The van der Waals surface area contributed by atoms with E-state index in [9.17, 15) is 0 Å². The Hall–Kier alpha value is -0.220. The highest BCUT2D eigenvalue weighted by Crippen LogP contribution is 2.43. The molecule has 0 saturated heterocycles. The first-order chi connectivity index (χ1) is 10.4. The molecular weight excluding hydrogens is 366 g/mol. The van der Waals surface area contributed by atoms with Crippen molar-refractivity contribution in [1.82, 2.24) is 0 Å². The summed E-state index contributed by atoms with van der Waals surface area (Å²) in [7, 11) is 3.02. The van der Waals surface area contributed by atoms with E-state index in [1.807, 2.05) is 24.3 Å². The van der Waals surface area contributed by atoms with Crippen LogP contribution in [0.3, 0.4) is 0 Å². The Morgan fingerprint density at radius 1 is 1.14 bits per heavy atom. The smallest absolute Gasteiger partial charge is 0.192 e. The number of aryl methyl sites for hydroxylation is 1. The van der Waals surface area contributed by atoms with Gasteiger partial charge in [0, 0.05) is 24.3 Å². The lowest BCUT2D eigenvalue weighted by Gasteiger charge is -2.35. The molecule has 1 aromatic carbocycles. The van der Waals surface area contributed by atoms with E-state index in [0.29, 0.717) is 21.5 Å². The largest absolute Gasteiger partial charge is 0.371 e. The molecule has 1 aliphatic carbocycles. The molecule has 22 heavy (non-hydrogen) atoms. The second kappa shape index (κ2) is 7.57. The Kier molecular flexibility index (Phi) is 6.23. The Labute approximate surface area is 150 Å². The van der Waals surface area contributed by atoms with Crippen molar-refractivity contribution < 1.29 is 9.47 Å². The molecule has 0 radical (unpaired) electrons. The molecule has 120 valence electrons.